The van der Waals surface area contributed by atoms with E-state index in [0.717, 1.165) is 18.1 Å². The van der Waals surface area contributed by atoms with Crippen LogP contribution in [0.5, 0.6) is 11.5 Å². The van der Waals surface area contributed by atoms with E-state index in [2.05, 4.69) is 28.5 Å². The van der Waals surface area contributed by atoms with Gasteiger partial charge in [-0.2, -0.15) is 0 Å². The Kier molecular flexibility index (Phi) is 7.00. The van der Waals surface area contributed by atoms with E-state index in [1.807, 2.05) is 18.2 Å². The van der Waals surface area contributed by atoms with Crippen LogP contribution in [0.3, 0.4) is 0 Å². The van der Waals surface area contributed by atoms with Crippen molar-refractivity contribution in [2.45, 2.75) is 39.2 Å². The van der Waals surface area contributed by atoms with Gasteiger partial charge in [0.05, 0.1) is 7.11 Å². The molecule has 1 aliphatic rings. The average molecular weight is 343 g/mol. The Balaban J connectivity index is 1.91. The summed E-state index contributed by atoms with van der Waals surface area (Å²) in [7, 11) is 3.41. The van der Waals surface area contributed by atoms with Gasteiger partial charge in [0, 0.05) is 20.1 Å². The third-order valence-electron chi connectivity index (χ3n) is 5.02. The molecule has 5 heteroatoms. The molecular formula is C20H29N3O2. The Morgan fingerprint density at radius 1 is 1.32 bits per heavy atom. The van der Waals surface area contributed by atoms with Crippen molar-refractivity contribution < 1.29 is 9.47 Å². The molecule has 0 unspecified atom stereocenters. The molecule has 1 fully saturated rings. The fourth-order valence-electron chi connectivity index (χ4n) is 3.07. The molecule has 0 spiro atoms. The number of guanidine groups is 1. The number of nitrogens with zero attached hydrogens (tertiary/aromatic N) is 1. The first-order valence-electron chi connectivity index (χ1n) is 8.84. The monoisotopic (exact) mass is 343 g/mol. The lowest BCUT2D eigenvalue weighted by atomic mass is 9.67. The van der Waals surface area contributed by atoms with E-state index in [1.165, 1.54) is 25.7 Å². The topological polar surface area (TPSA) is 54.9 Å². The second-order valence-electron chi connectivity index (χ2n) is 6.46. The summed E-state index contributed by atoms with van der Waals surface area (Å²) in [6.07, 6.45) is 10.4. The van der Waals surface area contributed by atoms with Gasteiger partial charge >= 0.3 is 0 Å². The minimum atomic E-state index is 0.218. The molecule has 2 N–H and O–H groups in total. The van der Waals surface area contributed by atoms with Crippen molar-refractivity contribution in [3.63, 3.8) is 0 Å². The zero-order valence-electron chi connectivity index (χ0n) is 15.5. The summed E-state index contributed by atoms with van der Waals surface area (Å²) < 4.78 is 10.8. The molecule has 1 aromatic carbocycles. The highest BCUT2D eigenvalue weighted by molar-refractivity contribution is 5.79. The Hall–Kier alpha value is -2.35. The molecule has 0 aromatic heterocycles. The third kappa shape index (κ3) is 5.06. The molecule has 136 valence electrons. The number of hydrogen-bond donors (Lipinski definition) is 2. The number of rotatable bonds is 8. The second kappa shape index (κ2) is 9.22. The summed E-state index contributed by atoms with van der Waals surface area (Å²) in [6.45, 7) is 4.11. The van der Waals surface area contributed by atoms with E-state index in [1.54, 1.807) is 14.2 Å². The predicted molar refractivity (Wildman–Crippen MR) is 102 cm³/mol. The smallest absolute Gasteiger partial charge is 0.191 e. The van der Waals surface area contributed by atoms with Crippen LogP contribution in [0.15, 0.2) is 23.2 Å². The maximum atomic E-state index is 5.55. The highest BCUT2D eigenvalue weighted by Gasteiger charge is 2.34. The number of methoxy groups -OCH3 is 1. The van der Waals surface area contributed by atoms with Gasteiger partial charge in [-0.3, -0.25) is 4.99 Å². The van der Waals surface area contributed by atoms with Crippen LogP contribution in [0.2, 0.25) is 0 Å². The highest BCUT2D eigenvalue weighted by Crippen LogP contribution is 2.43. The van der Waals surface area contributed by atoms with Crippen LogP contribution in [0.25, 0.3) is 0 Å². The number of ether oxygens (including phenoxy) is 2. The number of nitrogens with one attached hydrogen (secondary N) is 2. The first-order valence-corrected chi connectivity index (χ1v) is 8.84. The molecule has 1 aliphatic carbocycles. The Labute approximate surface area is 151 Å². The average Bonchev–Trinajstić information content (AvgIpc) is 2.61. The van der Waals surface area contributed by atoms with E-state index >= 15 is 0 Å². The lowest BCUT2D eigenvalue weighted by Gasteiger charge is -2.41. The van der Waals surface area contributed by atoms with E-state index in [0.29, 0.717) is 23.5 Å². The normalized spacial score (nSPS) is 15.7. The summed E-state index contributed by atoms with van der Waals surface area (Å²) in [6, 6.07) is 5.83. The second-order valence-corrected chi connectivity index (χ2v) is 6.46. The van der Waals surface area contributed by atoms with Gasteiger partial charge in [0.15, 0.2) is 17.5 Å². The maximum absolute atomic E-state index is 5.55. The lowest BCUT2D eigenvalue weighted by Crippen LogP contribution is -2.46. The molecule has 25 heavy (non-hydrogen) atoms. The Morgan fingerprint density at radius 3 is 2.68 bits per heavy atom. The Bertz CT molecular complexity index is 625. The van der Waals surface area contributed by atoms with Crippen LogP contribution in [0.1, 0.15) is 38.2 Å². The van der Waals surface area contributed by atoms with Crippen molar-refractivity contribution in [1.29, 1.82) is 0 Å². The molecule has 0 saturated heterocycles. The maximum Gasteiger partial charge on any atom is 0.191 e. The number of aliphatic imine (C=N–C) groups is 1. The van der Waals surface area contributed by atoms with Crippen molar-refractivity contribution in [3.8, 4) is 23.8 Å². The van der Waals surface area contributed by atoms with Crippen molar-refractivity contribution in [1.82, 2.24) is 10.6 Å². The number of benzene rings is 1. The number of terminal acetylenes is 1. The molecule has 0 bridgehead atoms. The first-order chi connectivity index (χ1) is 12.2. The van der Waals surface area contributed by atoms with Crippen LogP contribution in [0, 0.1) is 17.8 Å². The van der Waals surface area contributed by atoms with Gasteiger partial charge in [-0.25, -0.2) is 0 Å². The summed E-state index contributed by atoms with van der Waals surface area (Å²) >= 11 is 0. The standard InChI is InChI=1S/C20H29N3O2/c1-5-12-25-18-13-16(8-9-17(18)24-4)14-22-19(21-3)23-15-20(6-2)10-7-11-20/h1,8-9,13H,6-7,10-12,14-15H2,2-4H3,(H2,21,22,23). The molecular weight excluding hydrogens is 314 g/mol. The van der Waals surface area contributed by atoms with Gasteiger partial charge in [0.25, 0.3) is 0 Å². The van der Waals surface area contributed by atoms with Gasteiger partial charge in [-0.15, -0.1) is 6.42 Å². The third-order valence-corrected chi connectivity index (χ3v) is 5.02. The molecule has 2 rings (SSSR count). The minimum absolute atomic E-state index is 0.218. The van der Waals surface area contributed by atoms with Gasteiger partial charge in [-0.1, -0.05) is 25.3 Å². The highest BCUT2D eigenvalue weighted by atomic mass is 16.5. The summed E-state index contributed by atoms with van der Waals surface area (Å²) in [5, 5.41) is 6.81. The Morgan fingerprint density at radius 2 is 2.12 bits per heavy atom. The zero-order valence-corrected chi connectivity index (χ0v) is 15.5. The quantitative estimate of drug-likeness (QED) is 0.433. The van der Waals surface area contributed by atoms with Crippen LogP contribution in [-0.4, -0.2) is 33.3 Å². The van der Waals surface area contributed by atoms with Gasteiger partial charge < -0.3 is 20.1 Å². The van der Waals surface area contributed by atoms with Gasteiger partial charge in [-0.05, 0) is 42.4 Å². The van der Waals surface area contributed by atoms with Crippen LogP contribution in [-0.2, 0) is 6.54 Å². The van der Waals surface area contributed by atoms with Crippen molar-refractivity contribution in [2.75, 3.05) is 27.3 Å². The van der Waals surface area contributed by atoms with Gasteiger partial charge in [0.1, 0.15) is 6.61 Å². The van der Waals surface area contributed by atoms with E-state index in [4.69, 9.17) is 15.9 Å². The van der Waals surface area contributed by atoms with Crippen LogP contribution >= 0.6 is 0 Å². The molecule has 0 amide bonds. The molecule has 0 radical (unpaired) electrons. The first kappa shape index (κ1) is 19.0. The summed E-state index contributed by atoms with van der Waals surface area (Å²) in [4.78, 5) is 4.32. The lowest BCUT2D eigenvalue weighted by molar-refractivity contribution is 0.131. The fraction of sp³-hybridized carbons (Fsp3) is 0.550. The van der Waals surface area contributed by atoms with Gasteiger partial charge in [0.2, 0.25) is 0 Å². The van der Waals surface area contributed by atoms with Crippen LogP contribution < -0.4 is 20.1 Å². The number of hydrogen-bond acceptors (Lipinski definition) is 3. The molecule has 5 nitrogen and oxygen atoms in total. The van der Waals surface area contributed by atoms with Crippen molar-refractivity contribution in [2.24, 2.45) is 10.4 Å². The van der Waals surface area contributed by atoms with E-state index in [9.17, 15) is 0 Å². The SMILES string of the molecule is C#CCOc1cc(CNC(=NC)NCC2(CC)CCC2)ccc1OC. The van der Waals surface area contributed by atoms with E-state index in [-0.39, 0.29) is 6.61 Å². The van der Waals surface area contributed by atoms with E-state index < -0.39 is 0 Å². The molecule has 0 heterocycles. The summed E-state index contributed by atoms with van der Waals surface area (Å²) in [5.74, 6) is 4.62. The fourth-order valence-corrected chi connectivity index (χ4v) is 3.07. The molecule has 0 atom stereocenters. The predicted octanol–water partition coefficient (Wildman–Crippen LogP) is 2.95. The van der Waals surface area contributed by atoms with Crippen LogP contribution in [0.4, 0.5) is 0 Å². The van der Waals surface area contributed by atoms with Crippen molar-refractivity contribution in [3.05, 3.63) is 23.8 Å². The van der Waals surface area contributed by atoms with Crippen molar-refractivity contribution >= 4 is 5.96 Å². The largest absolute Gasteiger partial charge is 0.493 e. The molecule has 1 aromatic rings. The molecule has 0 aliphatic heterocycles. The minimum Gasteiger partial charge on any atom is -0.493 e. The zero-order chi connectivity index (χ0) is 18.1. The summed E-state index contributed by atoms with van der Waals surface area (Å²) in [5.41, 5.74) is 1.53. The molecule has 1 saturated carbocycles.